The third-order valence-electron chi connectivity index (χ3n) is 4.12. The molecule has 144 valence electrons. The molecule has 1 unspecified atom stereocenters. The van der Waals surface area contributed by atoms with Crippen LogP contribution >= 0.6 is 24.0 Å². The Morgan fingerprint density at radius 2 is 2.08 bits per heavy atom. The molecular weight excluding hydrogens is 455 g/mol. The lowest BCUT2D eigenvalue weighted by molar-refractivity contribution is 0.392. The van der Waals surface area contributed by atoms with Crippen LogP contribution in [0.1, 0.15) is 38.8 Å². The number of rotatable bonds is 4. The highest BCUT2D eigenvalue weighted by Gasteiger charge is 2.28. The Hall–Kier alpha value is -0.910. The number of sulfone groups is 1. The highest BCUT2D eigenvalue weighted by Crippen LogP contribution is 2.15. The maximum atomic E-state index is 12.1. The average molecular weight is 484 g/mol. The molecule has 0 saturated heterocycles. The van der Waals surface area contributed by atoms with Crippen molar-refractivity contribution in [3.8, 4) is 0 Å². The predicted octanol–water partition coefficient (Wildman–Crippen LogP) is 0.898. The van der Waals surface area contributed by atoms with Crippen LogP contribution in [0.15, 0.2) is 4.99 Å². The van der Waals surface area contributed by atoms with Gasteiger partial charge in [-0.05, 0) is 34.1 Å². The van der Waals surface area contributed by atoms with E-state index in [0.717, 1.165) is 31.0 Å². The van der Waals surface area contributed by atoms with Crippen LogP contribution in [0, 0.1) is 6.92 Å². The Bertz CT molecular complexity index is 708. The first-order valence-electron chi connectivity index (χ1n) is 8.22. The van der Waals surface area contributed by atoms with Crippen LogP contribution in [0.5, 0.6) is 0 Å². The fraction of sp³-hybridized carbons (Fsp3) is 0.800. The summed E-state index contributed by atoms with van der Waals surface area (Å²) in [5, 5.41) is 10.8. The van der Waals surface area contributed by atoms with Gasteiger partial charge in [-0.15, -0.1) is 24.0 Å². The second kappa shape index (κ2) is 8.65. The fourth-order valence-corrected chi connectivity index (χ4v) is 3.53. The van der Waals surface area contributed by atoms with E-state index < -0.39 is 14.6 Å². The van der Waals surface area contributed by atoms with Gasteiger partial charge in [0, 0.05) is 26.1 Å². The summed E-state index contributed by atoms with van der Waals surface area (Å²) in [5.74, 6) is 2.50. The Kier molecular flexibility index (Phi) is 7.66. The van der Waals surface area contributed by atoms with E-state index in [9.17, 15) is 8.42 Å². The number of hydrogen-bond acceptors (Lipinski definition) is 5. The minimum Gasteiger partial charge on any atom is -0.355 e. The molecule has 0 saturated carbocycles. The Balaban J connectivity index is 0.00000312. The normalized spacial score (nSPS) is 18.3. The van der Waals surface area contributed by atoms with Crippen molar-refractivity contribution in [3.63, 3.8) is 0 Å². The number of nitrogens with zero attached hydrogens (tertiary/aromatic N) is 4. The molecule has 1 aliphatic rings. The second-order valence-electron chi connectivity index (χ2n) is 7.07. The van der Waals surface area contributed by atoms with Crippen molar-refractivity contribution in [2.45, 2.75) is 57.9 Å². The van der Waals surface area contributed by atoms with Crippen molar-refractivity contribution in [3.05, 3.63) is 11.6 Å². The predicted molar refractivity (Wildman–Crippen MR) is 110 cm³/mol. The highest BCUT2D eigenvalue weighted by atomic mass is 127. The first kappa shape index (κ1) is 22.1. The molecule has 2 N–H and O–H groups in total. The summed E-state index contributed by atoms with van der Waals surface area (Å²) in [5.41, 5.74) is 0. The first-order valence-corrected chi connectivity index (χ1v) is 9.87. The van der Waals surface area contributed by atoms with Gasteiger partial charge in [0.05, 0.1) is 17.0 Å². The smallest absolute Gasteiger partial charge is 0.191 e. The standard InChI is InChI=1S/C15H28N6O2S.HI/c1-11-18-13-7-6-12(10-21(13)20-11)19-14(16-5)17-8-9-24(22,23)15(2,3)4;/h12H,6-10H2,1-5H3,(H2,16,17,19);1H. The highest BCUT2D eigenvalue weighted by molar-refractivity contribution is 14.0. The molecule has 8 nitrogen and oxygen atoms in total. The molecule has 2 heterocycles. The molecule has 1 aliphatic heterocycles. The molecule has 0 aromatic carbocycles. The molecule has 0 bridgehead atoms. The molecule has 0 radical (unpaired) electrons. The zero-order chi connectivity index (χ0) is 18.0. The van der Waals surface area contributed by atoms with Crippen LogP contribution in [-0.2, 0) is 22.8 Å². The number of fused-ring (bicyclic) bond motifs is 1. The van der Waals surface area contributed by atoms with Crippen LogP contribution < -0.4 is 10.6 Å². The first-order chi connectivity index (χ1) is 11.1. The van der Waals surface area contributed by atoms with Gasteiger partial charge < -0.3 is 10.6 Å². The van der Waals surface area contributed by atoms with Gasteiger partial charge >= 0.3 is 0 Å². The van der Waals surface area contributed by atoms with Gasteiger partial charge in [0.15, 0.2) is 15.8 Å². The summed E-state index contributed by atoms with van der Waals surface area (Å²) >= 11 is 0. The summed E-state index contributed by atoms with van der Waals surface area (Å²) in [6, 6.07) is 0.198. The second-order valence-corrected chi connectivity index (χ2v) is 9.93. The minimum atomic E-state index is -3.14. The molecular formula is C15H29IN6O2S. The lowest BCUT2D eigenvalue weighted by Gasteiger charge is -2.25. The summed E-state index contributed by atoms with van der Waals surface area (Å²) in [7, 11) is -1.46. The van der Waals surface area contributed by atoms with Crippen molar-refractivity contribution >= 4 is 39.8 Å². The molecule has 10 heteroatoms. The zero-order valence-corrected chi connectivity index (χ0v) is 18.7. The van der Waals surface area contributed by atoms with E-state index >= 15 is 0 Å². The van der Waals surface area contributed by atoms with Crippen molar-refractivity contribution < 1.29 is 8.42 Å². The molecule has 2 rings (SSSR count). The van der Waals surface area contributed by atoms with Crippen molar-refractivity contribution in [1.82, 2.24) is 25.4 Å². The van der Waals surface area contributed by atoms with Crippen molar-refractivity contribution in [2.75, 3.05) is 19.3 Å². The number of nitrogens with one attached hydrogen (secondary N) is 2. The molecule has 1 aromatic heterocycles. The van der Waals surface area contributed by atoms with E-state index in [1.807, 2.05) is 11.6 Å². The van der Waals surface area contributed by atoms with Crippen LogP contribution in [0.2, 0.25) is 0 Å². The number of aliphatic imine (C=N–C) groups is 1. The monoisotopic (exact) mass is 484 g/mol. The van der Waals surface area contributed by atoms with Crippen LogP contribution in [0.3, 0.4) is 0 Å². The molecule has 0 aliphatic carbocycles. The fourth-order valence-electron chi connectivity index (χ4n) is 2.55. The van der Waals surface area contributed by atoms with Crippen LogP contribution in [0.4, 0.5) is 0 Å². The summed E-state index contributed by atoms with van der Waals surface area (Å²) < 4.78 is 25.5. The van der Waals surface area contributed by atoms with E-state index in [1.54, 1.807) is 27.8 Å². The van der Waals surface area contributed by atoms with E-state index in [2.05, 4.69) is 25.7 Å². The minimum absolute atomic E-state index is 0. The number of guanidine groups is 1. The SMILES string of the molecule is CN=C(NCCS(=O)(=O)C(C)(C)C)NC1CCc2nc(C)nn2C1.I. The van der Waals surface area contributed by atoms with Crippen LogP contribution in [-0.4, -0.2) is 59.3 Å². The van der Waals surface area contributed by atoms with E-state index in [0.29, 0.717) is 12.5 Å². The molecule has 1 aromatic rings. The average Bonchev–Trinajstić information content (AvgIpc) is 2.84. The molecule has 1 atom stereocenters. The maximum absolute atomic E-state index is 12.1. The quantitative estimate of drug-likeness (QED) is 0.374. The summed E-state index contributed by atoms with van der Waals surface area (Å²) in [4.78, 5) is 8.58. The third kappa shape index (κ3) is 5.80. The number of aromatic nitrogens is 3. The third-order valence-corrected chi connectivity index (χ3v) is 6.73. The number of aryl methyl sites for hydroxylation is 2. The van der Waals surface area contributed by atoms with E-state index in [4.69, 9.17) is 0 Å². The zero-order valence-electron chi connectivity index (χ0n) is 15.5. The number of hydrogen-bond donors (Lipinski definition) is 2. The van der Waals surface area contributed by atoms with Gasteiger partial charge in [-0.25, -0.2) is 18.1 Å². The number of halogens is 1. The van der Waals surface area contributed by atoms with Gasteiger partial charge in [-0.1, -0.05) is 0 Å². The van der Waals surface area contributed by atoms with Gasteiger partial charge in [0.2, 0.25) is 0 Å². The van der Waals surface area contributed by atoms with E-state index in [1.165, 1.54) is 0 Å². The lowest BCUT2D eigenvalue weighted by Crippen LogP contribution is -2.48. The lowest BCUT2D eigenvalue weighted by atomic mass is 10.1. The topological polar surface area (TPSA) is 101 Å². The largest absolute Gasteiger partial charge is 0.355 e. The Labute approximate surface area is 167 Å². The van der Waals surface area contributed by atoms with Gasteiger partial charge in [-0.2, -0.15) is 5.10 Å². The maximum Gasteiger partial charge on any atom is 0.191 e. The molecule has 0 fully saturated rings. The van der Waals surface area contributed by atoms with Gasteiger partial charge in [0.25, 0.3) is 0 Å². The summed E-state index contributed by atoms with van der Waals surface area (Å²) in [6.45, 7) is 8.11. The molecule has 0 spiro atoms. The van der Waals surface area contributed by atoms with Crippen molar-refractivity contribution in [2.24, 2.45) is 4.99 Å². The molecule has 0 amide bonds. The summed E-state index contributed by atoms with van der Waals surface area (Å²) in [6.07, 6.45) is 1.81. The van der Waals surface area contributed by atoms with Crippen LogP contribution in [0.25, 0.3) is 0 Å². The van der Waals surface area contributed by atoms with E-state index in [-0.39, 0.29) is 35.8 Å². The van der Waals surface area contributed by atoms with Crippen molar-refractivity contribution in [1.29, 1.82) is 0 Å². The Morgan fingerprint density at radius 1 is 1.40 bits per heavy atom. The molecule has 25 heavy (non-hydrogen) atoms. The van der Waals surface area contributed by atoms with Gasteiger partial charge in [-0.3, -0.25) is 4.99 Å². The van der Waals surface area contributed by atoms with Gasteiger partial charge in [0.1, 0.15) is 11.6 Å². The Morgan fingerprint density at radius 3 is 2.68 bits per heavy atom.